The van der Waals surface area contributed by atoms with Gasteiger partial charge in [-0.2, -0.15) is 8.78 Å². The third kappa shape index (κ3) is 8.89. The Kier molecular flexibility index (Phi) is 12.8. The lowest BCUT2D eigenvalue weighted by molar-refractivity contribution is 0.0174. The highest BCUT2D eigenvalue weighted by atomic mass is 19.3. The van der Waals surface area contributed by atoms with E-state index >= 15 is 0 Å². The van der Waals surface area contributed by atoms with Gasteiger partial charge < -0.3 is 4.90 Å². The second-order valence-corrected chi connectivity index (χ2v) is 12.4. The number of nitrogens with zero attached hydrogens (tertiary/aromatic N) is 2. The number of alkyl halides is 4. The van der Waals surface area contributed by atoms with Crippen molar-refractivity contribution in [2.75, 3.05) is 18.0 Å². The van der Waals surface area contributed by atoms with Crippen LogP contribution in [0.1, 0.15) is 92.6 Å². The molecule has 46 heavy (non-hydrogen) atoms. The van der Waals surface area contributed by atoms with Crippen molar-refractivity contribution in [1.29, 1.82) is 0 Å². The van der Waals surface area contributed by atoms with Crippen LogP contribution < -0.4 is 4.90 Å². The number of anilines is 1. The summed E-state index contributed by atoms with van der Waals surface area (Å²) >= 11 is 0. The summed E-state index contributed by atoms with van der Waals surface area (Å²) in [6.45, 7) is 13.0. The summed E-state index contributed by atoms with van der Waals surface area (Å²) in [6, 6.07) is 18.8. The Morgan fingerprint density at radius 1 is 0.957 bits per heavy atom. The normalized spacial score (nSPS) is 14.3. The molecule has 4 rings (SSSR count). The number of halogens is 4. The predicted molar refractivity (Wildman–Crippen MR) is 183 cm³/mol. The van der Waals surface area contributed by atoms with E-state index in [0.29, 0.717) is 42.0 Å². The van der Waals surface area contributed by atoms with Crippen LogP contribution in [0.3, 0.4) is 0 Å². The van der Waals surface area contributed by atoms with Gasteiger partial charge in [0.05, 0.1) is 0 Å². The lowest BCUT2D eigenvalue weighted by atomic mass is 9.90. The lowest BCUT2D eigenvalue weighted by Crippen LogP contribution is -2.53. The maximum Gasteiger partial charge on any atom is 0.319 e. The highest BCUT2D eigenvalue weighted by Crippen LogP contribution is 2.36. The smallest absolute Gasteiger partial charge is 0.319 e. The molecule has 0 aromatic heterocycles. The van der Waals surface area contributed by atoms with Gasteiger partial charge in [0, 0.05) is 48.4 Å². The van der Waals surface area contributed by atoms with Crippen LogP contribution in [0.25, 0.3) is 5.57 Å². The van der Waals surface area contributed by atoms with Crippen molar-refractivity contribution in [3.8, 4) is 0 Å². The van der Waals surface area contributed by atoms with Crippen molar-refractivity contribution in [3.05, 3.63) is 118 Å². The molecule has 1 amide bonds. The van der Waals surface area contributed by atoms with Crippen molar-refractivity contribution in [2.45, 2.75) is 80.7 Å². The number of rotatable bonds is 10. The van der Waals surface area contributed by atoms with Crippen LogP contribution in [0, 0.1) is 25.7 Å². The van der Waals surface area contributed by atoms with Crippen LogP contribution in [0.5, 0.6) is 0 Å². The third-order valence-electron chi connectivity index (χ3n) is 8.40. The Morgan fingerprint density at radius 3 is 2.13 bits per heavy atom. The fraction of sp³-hybridized carbons (Fsp3) is 0.410. The highest BCUT2D eigenvalue weighted by Gasteiger charge is 2.38. The fourth-order valence-electron chi connectivity index (χ4n) is 5.41. The third-order valence-corrected chi connectivity index (χ3v) is 8.40. The number of hydrogen-bond acceptors (Lipinski definition) is 2. The topological polar surface area (TPSA) is 23.6 Å². The quantitative estimate of drug-likeness (QED) is 0.163. The number of carbonyl (C=O) groups is 1. The maximum absolute atomic E-state index is 14.3. The van der Waals surface area contributed by atoms with Crippen LogP contribution in [0.15, 0.2) is 84.6 Å². The average Bonchev–Trinajstić information content (AvgIpc) is 2.98. The van der Waals surface area contributed by atoms with Gasteiger partial charge in [-0.1, -0.05) is 88.7 Å². The zero-order valence-electron chi connectivity index (χ0n) is 28.4. The van der Waals surface area contributed by atoms with Crippen molar-refractivity contribution in [1.82, 2.24) is 4.90 Å². The molecule has 0 aliphatic carbocycles. The molecule has 1 heterocycles. The molecular formula is C39H48F4N2O. The summed E-state index contributed by atoms with van der Waals surface area (Å²) in [7, 11) is 0. The number of carbonyl (C=O) groups excluding carboxylic acids is 1. The van der Waals surface area contributed by atoms with Gasteiger partial charge in [-0.05, 0) is 85.2 Å². The number of hydrogen-bond donors (Lipinski definition) is 0. The molecule has 3 aromatic carbocycles. The summed E-state index contributed by atoms with van der Waals surface area (Å²) in [5.41, 5.74) is 5.35. The molecule has 0 spiro atoms. The second-order valence-electron chi connectivity index (χ2n) is 12.4. The SMILES string of the molecule is C/C=C(/c1cccc(C(C)(F)F)c1)c1ccc(C(=O)N2CC(/C(=C\CC)N(c3ccccc3C)C(F)F)C2)cc1C.CCC(C)C. The summed E-state index contributed by atoms with van der Waals surface area (Å²) in [6.07, 6.45) is 5.61. The Bertz CT molecular complexity index is 1530. The number of likely N-dealkylation sites (tertiary alicyclic amines) is 1. The summed E-state index contributed by atoms with van der Waals surface area (Å²) in [5, 5.41) is 0. The number of para-hydroxylation sites is 1. The lowest BCUT2D eigenvalue weighted by Gasteiger charge is -2.44. The molecule has 1 aliphatic heterocycles. The molecule has 0 bridgehead atoms. The van der Waals surface area contributed by atoms with E-state index in [2.05, 4.69) is 20.8 Å². The van der Waals surface area contributed by atoms with Crippen LogP contribution in [0.4, 0.5) is 23.2 Å². The van der Waals surface area contributed by atoms with E-state index in [1.165, 1.54) is 18.6 Å². The maximum atomic E-state index is 14.3. The minimum Gasteiger partial charge on any atom is -0.337 e. The Hall–Kier alpha value is -3.87. The summed E-state index contributed by atoms with van der Waals surface area (Å²) in [4.78, 5) is 16.1. The van der Waals surface area contributed by atoms with Crippen molar-refractivity contribution < 1.29 is 22.4 Å². The molecule has 1 fully saturated rings. The van der Waals surface area contributed by atoms with Crippen molar-refractivity contribution >= 4 is 17.2 Å². The van der Waals surface area contributed by atoms with Gasteiger partial charge in [-0.15, -0.1) is 0 Å². The zero-order valence-corrected chi connectivity index (χ0v) is 28.4. The molecule has 248 valence electrons. The van der Waals surface area contributed by atoms with E-state index in [9.17, 15) is 22.4 Å². The first kappa shape index (κ1) is 36.6. The van der Waals surface area contributed by atoms with Gasteiger partial charge in [-0.25, -0.2) is 8.78 Å². The Labute approximate surface area is 272 Å². The fourth-order valence-corrected chi connectivity index (χ4v) is 5.41. The first-order valence-electron chi connectivity index (χ1n) is 16.1. The first-order valence-corrected chi connectivity index (χ1v) is 16.1. The highest BCUT2D eigenvalue weighted by molar-refractivity contribution is 5.96. The molecule has 0 atom stereocenters. The van der Waals surface area contributed by atoms with E-state index in [-0.39, 0.29) is 17.4 Å². The van der Waals surface area contributed by atoms with Crippen LogP contribution in [-0.2, 0) is 5.92 Å². The zero-order chi connectivity index (χ0) is 34.2. The Balaban J connectivity index is 0.00000107. The van der Waals surface area contributed by atoms with Gasteiger partial charge >= 0.3 is 6.55 Å². The van der Waals surface area contributed by atoms with E-state index < -0.39 is 12.5 Å². The number of benzene rings is 3. The van der Waals surface area contributed by atoms with Crippen molar-refractivity contribution in [3.63, 3.8) is 0 Å². The molecule has 3 aromatic rings. The summed E-state index contributed by atoms with van der Waals surface area (Å²) in [5.74, 6) is -2.43. The van der Waals surface area contributed by atoms with Crippen LogP contribution >= 0.6 is 0 Å². The number of aryl methyl sites for hydroxylation is 2. The average molecular weight is 637 g/mol. The molecule has 7 heteroatoms. The van der Waals surface area contributed by atoms with Gasteiger partial charge in [0.25, 0.3) is 11.8 Å². The van der Waals surface area contributed by atoms with Gasteiger partial charge in [-0.3, -0.25) is 9.69 Å². The van der Waals surface area contributed by atoms with Gasteiger partial charge in [0.2, 0.25) is 0 Å². The second kappa shape index (κ2) is 16.1. The van der Waals surface area contributed by atoms with E-state index in [4.69, 9.17) is 0 Å². The molecule has 0 unspecified atom stereocenters. The number of allylic oxidation sites excluding steroid dienone is 2. The standard InChI is InChI=1S/C34H36F4N2O.C5H12/c1-6-11-31(40(33(35)36)30-15-9-8-12-22(30)3)26-20-39(21-26)32(41)25-16-17-29(23(4)18-25)28(7-2)24-13-10-14-27(19-24)34(5,37)38;1-4-5(2)3/h7-19,26,33H,6,20-21H2,1-5H3;5H,4H2,1-3H3/b28-7-,31-11+;. The van der Waals surface area contributed by atoms with E-state index in [0.717, 1.165) is 40.0 Å². The van der Waals surface area contributed by atoms with Crippen LogP contribution in [0.2, 0.25) is 0 Å². The molecule has 0 radical (unpaired) electrons. The van der Waals surface area contributed by atoms with Gasteiger partial charge in [0.1, 0.15) is 0 Å². The Morgan fingerprint density at radius 2 is 1.61 bits per heavy atom. The molecule has 1 aliphatic rings. The molecule has 3 nitrogen and oxygen atoms in total. The van der Waals surface area contributed by atoms with E-state index in [1.54, 1.807) is 41.3 Å². The number of amides is 1. The molecular weight excluding hydrogens is 588 g/mol. The monoisotopic (exact) mass is 636 g/mol. The largest absolute Gasteiger partial charge is 0.337 e. The van der Waals surface area contributed by atoms with Crippen LogP contribution in [-0.4, -0.2) is 30.4 Å². The minimum atomic E-state index is -2.95. The van der Waals surface area contributed by atoms with Crippen molar-refractivity contribution in [2.24, 2.45) is 11.8 Å². The molecule has 0 saturated carbocycles. The first-order chi connectivity index (χ1) is 21.7. The van der Waals surface area contributed by atoms with Gasteiger partial charge in [0.15, 0.2) is 0 Å². The molecule has 0 N–H and O–H groups in total. The summed E-state index contributed by atoms with van der Waals surface area (Å²) < 4.78 is 56.5. The minimum absolute atomic E-state index is 0.0598. The predicted octanol–water partition coefficient (Wildman–Crippen LogP) is 11.0. The van der Waals surface area contributed by atoms with E-state index in [1.807, 2.05) is 58.0 Å². The molecule has 1 saturated heterocycles.